The van der Waals surface area contributed by atoms with Crippen LogP contribution >= 0.6 is 11.6 Å². The molecule has 5 heteroatoms. The minimum absolute atomic E-state index is 0.144. The summed E-state index contributed by atoms with van der Waals surface area (Å²) >= 11 is 5.73. The van der Waals surface area contributed by atoms with Crippen molar-refractivity contribution in [3.8, 4) is 0 Å². The van der Waals surface area contributed by atoms with E-state index >= 15 is 0 Å². The average molecular weight is 268 g/mol. The number of ether oxygens (including phenoxy) is 1. The molecule has 0 amide bonds. The number of hydrogen-bond acceptors (Lipinski definition) is 4. The first-order valence-electron chi connectivity index (χ1n) is 5.61. The number of pyridine rings is 1. The molecule has 96 valence electrons. The Morgan fingerprint density at radius 2 is 2.22 bits per heavy atom. The lowest BCUT2D eigenvalue weighted by atomic mass is 10.0. The van der Waals surface area contributed by atoms with Crippen molar-refractivity contribution in [3.05, 3.63) is 40.7 Å². The summed E-state index contributed by atoms with van der Waals surface area (Å²) in [6, 6.07) is 3.78. The van der Waals surface area contributed by atoms with E-state index in [1.54, 1.807) is 12.3 Å². The number of carbonyl (C=O) groups excluding carboxylic acids is 2. The van der Waals surface area contributed by atoms with Gasteiger partial charge in [0.05, 0.1) is 12.7 Å². The minimum Gasteiger partial charge on any atom is -0.369 e. The van der Waals surface area contributed by atoms with E-state index in [1.165, 1.54) is 5.57 Å². The molecule has 4 nitrogen and oxygen atoms in total. The Morgan fingerprint density at radius 3 is 2.67 bits per heavy atom. The van der Waals surface area contributed by atoms with Gasteiger partial charge >= 0.3 is 6.15 Å². The summed E-state index contributed by atoms with van der Waals surface area (Å²) in [7, 11) is 0. The van der Waals surface area contributed by atoms with E-state index in [1.807, 2.05) is 6.07 Å². The van der Waals surface area contributed by atoms with Crippen LogP contribution in [0.1, 0.15) is 31.4 Å². The third-order valence-corrected chi connectivity index (χ3v) is 2.89. The molecule has 1 aromatic rings. The van der Waals surface area contributed by atoms with Crippen LogP contribution in [0.2, 0.25) is 5.15 Å². The Balaban J connectivity index is 0.000000492. The van der Waals surface area contributed by atoms with E-state index in [0.717, 1.165) is 25.0 Å². The molecular formula is C13H14ClNO3. The van der Waals surface area contributed by atoms with E-state index < -0.39 is 0 Å². The molecule has 2 heterocycles. The van der Waals surface area contributed by atoms with Gasteiger partial charge in [-0.2, -0.15) is 9.59 Å². The number of halogens is 1. The van der Waals surface area contributed by atoms with E-state index in [9.17, 15) is 0 Å². The highest BCUT2D eigenvalue weighted by Crippen LogP contribution is 2.27. The highest BCUT2D eigenvalue weighted by molar-refractivity contribution is 6.29. The first-order chi connectivity index (χ1) is 8.71. The van der Waals surface area contributed by atoms with Crippen molar-refractivity contribution in [1.82, 2.24) is 4.98 Å². The summed E-state index contributed by atoms with van der Waals surface area (Å²) in [5, 5.41) is 0.527. The SMILES string of the molecule is CCC1=CCC(c2ccc(Cl)nc2)OC1.O=C=O. The summed E-state index contributed by atoms with van der Waals surface area (Å²) < 4.78 is 5.76. The summed E-state index contributed by atoms with van der Waals surface area (Å²) in [6.45, 7) is 2.89. The van der Waals surface area contributed by atoms with Crippen molar-refractivity contribution in [2.75, 3.05) is 6.61 Å². The molecule has 0 radical (unpaired) electrons. The molecule has 1 aliphatic rings. The molecule has 0 N–H and O–H groups in total. The van der Waals surface area contributed by atoms with Crippen molar-refractivity contribution in [3.63, 3.8) is 0 Å². The zero-order chi connectivity index (χ0) is 13.4. The minimum atomic E-state index is 0.144. The van der Waals surface area contributed by atoms with Crippen LogP contribution in [0.5, 0.6) is 0 Å². The van der Waals surface area contributed by atoms with Gasteiger partial charge in [-0.3, -0.25) is 0 Å². The van der Waals surface area contributed by atoms with Crippen LogP contribution in [0.25, 0.3) is 0 Å². The predicted octanol–water partition coefficient (Wildman–Crippen LogP) is 2.95. The number of rotatable bonds is 2. The maximum Gasteiger partial charge on any atom is 0.373 e. The third-order valence-electron chi connectivity index (χ3n) is 2.67. The van der Waals surface area contributed by atoms with Gasteiger partial charge < -0.3 is 4.74 Å². The van der Waals surface area contributed by atoms with Gasteiger partial charge in [-0.1, -0.05) is 30.7 Å². The molecule has 0 saturated carbocycles. The maximum atomic E-state index is 8.12. The number of nitrogens with zero attached hydrogens (tertiary/aromatic N) is 1. The summed E-state index contributed by atoms with van der Waals surface area (Å²) in [4.78, 5) is 20.3. The highest BCUT2D eigenvalue weighted by Gasteiger charge is 2.15. The molecule has 18 heavy (non-hydrogen) atoms. The normalized spacial score (nSPS) is 18.1. The standard InChI is InChI=1S/C12H14ClNO.CO2/c1-2-9-3-5-11(15-8-9)10-4-6-12(13)14-7-10;2-1-3/h3-4,6-7,11H,2,5,8H2,1H3;. The molecule has 0 aromatic carbocycles. The number of aromatic nitrogens is 1. The largest absolute Gasteiger partial charge is 0.373 e. The second-order valence-electron chi connectivity index (χ2n) is 3.75. The van der Waals surface area contributed by atoms with E-state index in [4.69, 9.17) is 25.9 Å². The molecule has 2 rings (SSSR count). The van der Waals surface area contributed by atoms with Crippen LogP contribution in [0.3, 0.4) is 0 Å². The van der Waals surface area contributed by atoms with E-state index in [2.05, 4.69) is 18.0 Å². The van der Waals surface area contributed by atoms with Crippen LogP contribution in [0.15, 0.2) is 30.0 Å². The fraction of sp³-hybridized carbons (Fsp3) is 0.385. The van der Waals surface area contributed by atoms with Gasteiger partial charge in [0.2, 0.25) is 0 Å². The molecule has 0 aliphatic carbocycles. The Hall–Kier alpha value is -1.48. The molecule has 0 spiro atoms. The molecule has 0 saturated heterocycles. The molecule has 1 aliphatic heterocycles. The van der Waals surface area contributed by atoms with Crippen LogP contribution in [0.4, 0.5) is 0 Å². The Kier molecular flexibility index (Phi) is 6.29. The van der Waals surface area contributed by atoms with Crippen molar-refractivity contribution < 1.29 is 14.3 Å². The topological polar surface area (TPSA) is 56.3 Å². The third kappa shape index (κ3) is 4.41. The van der Waals surface area contributed by atoms with Crippen molar-refractivity contribution in [2.24, 2.45) is 0 Å². The van der Waals surface area contributed by atoms with Crippen molar-refractivity contribution in [1.29, 1.82) is 0 Å². The lowest BCUT2D eigenvalue weighted by Gasteiger charge is -2.22. The monoisotopic (exact) mass is 267 g/mol. The van der Waals surface area contributed by atoms with E-state index in [0.29, 0.717) is 5.15 Å². The summed E-state index contributed by atoms with van der Waals surface area (Å²) in [5.74, 6) is 0. The van der Waals surface area contributed by atoms with Gasteiger partial charge in [0.1, 0.15) is 5.15 Å². The van der Waals surface area contributed by atoms with Gasteiger partial charge in [-0.25, -0.2) is 4.98 Å². The molecule has 1 aromatic heterocycles. The molecule has 0 bridgehead atoms. The predicted molar refractivity (Wildman–Crippen MR) is 65.9 cm³/mol. The lowest BCUT2D eigenvalue weighted by molar-refractivity contribution is -0.191. The highest BCUT2D eigenvalue weighted by atomic mass is 35.5. The van der Waals surface area contributed by atoms with Crippen molar-refractivity contribution >= 4 is 17.8 Å². The lowest BCUT2D eigenvalue weighted by Crippen LogP contribution is -2.11. The average Bonchev–Trinajstić information content (AvgIpc) is 2.41. The second kappa shape index (κ2) is 7.77. The van der Waals surface area contributed by atoms with Crippen LogP contribution < -0.4 is 0 Å². The Bertz CT molecular complexity index is 436. The van der Waals surface area contributed by atoms with Crippen LogP contribution in [-0.4, -0.2) is 17.7 Å². The van der Waals surface area contributed by atoms with Crippen LogP contribution in [-0.2, 0) is 14.3 Å². The van der Waals surface area contributed by atoms with Gasteiger partial charge in [-0.15, -0.1) is 0 Å². The van der Waals surface area contributed by atoms with Gasteiger partial charge in [0.15, 0.2) is 0 Å². The zero-order valence-electron chi connectivity index (χ0n) is 10.1. The Labute approximate surface area is 111 Å². The molecule has 1 unspecified atom stereocenters. The first-order valence-corrected chi connectivity index (χ1v) is 5.99. The smallest absolute Gasteiger partial charge is 0.369 e. The van der Waals surface area contributed by atoms with E-state index in [-0.39, 0.29) is 12.3 Å². The zero-order valence-corrected chi connectivity index (χ0v) is 10.8. The van der Waals surface area contributed by atoms with Crippen LogP contribution in [0, 0.1) is 0 Å². The second-order valence-corrected chi connectivity index (χ2v) is 4.14. The van der Waals surface area contributed by atoms with Gasteiger partial charge in [-0.05, 0) is 30.0 Å². The maximum absolute atomic E-state index is 8.12. The molecule has 0 fully saturated rings. The van der Waals surface area contributed by atoms with Gasteiger partial charge in [0, 0.05) is 6.20 Å². The fourth-order valence-electron chi connectivity index (χ4n) is 1.66. The first kappa shape index (κ1) is 14.6. The van der Waals surface area contributed by atoms with Gasteiger partial charge in [0.25, 0.3) is 0 Å². The quantitative estimate of drug-likeness (QED) is 0.611. The Morgan fingerprint density at radius 1 is 1.50 bits per heavy atom. The summed E-state index contributed by atoms with van der Waals surface area (Å²) in [6.07, 6.45) is 6.46. The molecule has 1 atom stereocenters. The number of hydrogen-bond donors (Lipinski definition) is 0. The fourth-order valence-corrected chi connectivity index (χ4v) is 1.78. The molecular weight excluding hydrogens is 254 g/mol. The summed E-state index contributed by atoms with van der Waals surface area (Å²) in [5.41, 5.74) is 2.49. The van der Waals surface area contributed by atoms with Crippen molar-refractivity contribution in [2.45, 2.75) is 25.9 Å².